The van der Waals surface area contributed by atoms with Crippen molar-refractivity contribution in [2.75, 3.05) is 0 Å². The Balaban J connectivity index is 2.09. The molecule has 0 aliphatic carbocycles. The summed E-state index contributed by atoms with van der Waals surface area (Å²) in [6.45, 7) is 23.1. The lowest BCUT2D eigenvalue weighted by Crippen LogP contribution is -2.29. The molecule has 5 aromatic carbocycles. The molecule has 226 valence electrons. The van der Waals surface area contributed by atoms with Crippen LogP contribution in [0, 0.1) is 50.6 Å². The summed E-state index contributed by atoms with van der Waals surface area (Å²) in [5.74, 6) is 7.85. The molecule has 0 atom stereocenters. The van der Waals surface area contributed by atoms with Gasteiger partial charge in [0, 0.05) is 11.1 Å². The molecule has 0 radical (unpaired) electrons. The summed E-state index contributed by atoms with van der Waals surface area (Å²) in [6, 6.07) is 26.1. The smallest absolute Gasteiger partial charge is 0.126 e. The van der Waals surface area contributed by atoms with Crippen molar-refractivity contribution in [2.24, 2.45) is 0 Å². The van der Waals surface area contributed by atoms with E-state index in [-0.39, 0.29) is 0 Å². The second-order valence-electron chi connectivity index (χ2n) is 13.2. The number of fused-ring (bicyclic) bond motifs is 4. The van der Waals surface area contributed by atoms with Crippen LogP contribution in [0.3, 0.4) is 0 Å². The number of rotatable bonds is 6. The first-order valence-corrected chi connectivity index (χ1v) is 22.2. The van der Waals surface area contributed by atoms with Gasteiger partial charge in [0.2, 0.25) is 0 Å². The van der Waals surface area contributed by atoms with Gasteiger partial charge in [-0.3, -0.25) is 0 Å². The van der Waals surface area contributed by atoms with Crippen molar-refractivity contribution in [3.63, 3.8) is 0 Å². The van der Waals surface area contributed by atoms with E-state index in [9.17, 15) is 0 Å². The summed E-state index contributed by atoms with van der Waals surface area (Å²) in [5, 5.41) is 10.4. The summed E-state index contributed by atoms with van der Waals surface area (Å²) in [4.78, 5) is 0. The van der Waals surface area contributed by atoms with Crippen LogP contribution in [0.25, 0.3) is 43.1 Å². The topological polar surface area (TPSA) is 0 Å². The third-order valence-electron chi connectivity index (χ3n) is 11.2. The van der Waals surface area contributed by atoms with Crippen LogP contribution in [0.5, 0.6) is 0 Å². The molecule has 0 fully saturated rings. The first kappa shape index (κ1) is 32.1. The molecular formula is C42H50Si2. The fourth-order valence-electron chi connectivity index (χ4n) is 7.17. The van der Waals surface area contributed by atoms with E-state index in [1.165, 1.54) is 113 Å². The van der Waals surface area contributed by atoms with E-state index >= 15 is 0 Å². The van der Waals surface area contributed by atoms with Gasteiger partial charge in [-0.2, -0.15) is 0 Å². The molecule has 0 aromatic heterocycles. The molecular weight excluding hydrogens is 561 g/mol. The van der Waals surface area contributed by atoms with E-state index in [0.29, 0.717) is 0 Å². The van der Waals surface area contributed by atoms with Gasteiger partial charge < -0.3 is 0 Å². The van der Waals surface area contributed by atoms with E-state index in [4.69, 9.17) is 0 Å². The van der Waals surface area contributed by atoms with Crippen LogP contribution in [0.4, 0.5) is 0 Å². The monoisotopic (exact) mass is 610 g/mol. The lowest BCUT2D eigenvalue weighted by Gasteiger charge is -2.21. The van der Waals surface area contributed by atoms with Crippen molar-refractivity contribution >= 4 is 59.2 Å². The molecule has 0 spiro atoms. The summed E-state index contributed by atoms with van der Waals surface area (Å²) in [6.07, 6.45) is 0. The minimum absolute atomic E-state index is 1.20. The minimum atomic E-state index is -1.67. The molecule has 0 aliphatic heterocycles. The molecule has 2 heteroatoms. The molecule has 0 bridgehead atoms. The van der Waals surface area contributed by atoms with Crippen molar-refractivity contribution in [1.29, 1.82) is 0 Å². The molecule has 0 amide bonds. The minimum Gasteiger partial charge on any atom is -0.126 e. The highest BCUT2D eigenvalue weighted by Gasteiger charge is 2.26. The average Bonchev–Trinajstić information content (AvgIpc) is 3.05. The Morgan fingerprint density at radius 3 is 0.818 bits per heavy atom. The summed E-state index contributed by atoms with van der Waals surface area (Å²) >= 11 is 0. The van der Waals surface area contributed by atoms with Gasteiger partial charge in [0.1, 0.15) is 16.1 Å². The molecule has 0 heterocycles. The van der Waals surface area contributed by atoms with Crippen molar-refractivity contribution in [3.05, 3.63) is 81.9 Å². The van der Waals surface area contributed by atoms with Gasteiger partial charge in [-0.25, -0.2) is 0 Å². The van der Waals surface area contributed by atoms with Gasteiger partial charge in [0.05, 0.1) is 0 Å². The van der Waals surface area contributed by atoms with Gasteiger partial charge in [0.15, 0.2) is 0 Å². The fourth-order valence-corrected chi connectivity index (χ4v) is 12.0. The third-order valence-corrected chi connectivity index (χ3v) is 20.7. The second kappa shape index (κ2) is 12.6. The van der Waals surface area contributed by atoms with Crippen LogP contribution in [-0.4, -0.2) is 16.1 Å². The Kier molecular flexibility index (Phi) is 9.19. The predicted octanol–water partition coefficient (Wildman–Crippen LogP) is 12.3. The third kappa shape index (κ3) is 5.42. The maximum Gasteiger partial charge on any atom is 0.138 e. The number of hydrogen-bond donors (Lipinski definition) is 0. The normalized spacial score (nSPS) is 12.0. The lowest BCUT2D eigenvalue weighted by atomic mass is 9.86. The molecule has 5 aromatic rings. The summed E-state index contributed by atoms with van der Waals surface area (Å²) in [7, 11) is -3.35. The number of hydrogen-bond acceptors (Lipinski definition) is 0. The standard InChI is InChI=1S/C42H50Si2/c1-11-43(12-2,13-3)23-21-33-39-25-35-29(7)17-19-31(9)37(35)27-41(39)34(22-24-44(14-4,15-5)16-6)42-28-38-32(10)20-18-30(8)36(38)26-40(33)42/h17-20,25-28H,11-16H2,1-10H3. The lowest BCUT2D eigenvalue weighted by molar-refractivity contribution is 1.20. The van der Waals surface area contributed by atoms with Crippen LogP contribution in [0.15, 0.2) is 48.5 Å². The van der Waals surface area contributed by atoms with Crippen LogP contribution in [-0.2, 0) is 0 Å². The van der Waals surface area contributed by atoms with Crippen LogP contribution in [0.1, 0.15) is 74.9 Å². The maximum absolute atomic E-state index is 3.99. The molecule has 5 rings (SSSR count). The molecule has 0 N–H and O–H groups in total. The molecule has 44 heavy (non-hydrogen) atoms. The van der Waals surface area contributed by atoms with E-state index in [2.05, 4.69) is 141 Å². The number of benzene rings is 5. The van der Waals surface area contributed by atoms with Crippen molar-refractivity contribution < 1.29 is 0 Å². The number of aryl methyl sites for hydroxylation is 4. The van der Waals surface area contributed by atoms with Gasteiger partial charge in [0.25, 0.3) is 0 Å². The second-order valence-corrected chi connectivity index (χ2v) is 23.1. The Morgan fingerprint density at radius 1 is 0.386 bits per heavy atom. The maximum atomic E-state index is 3.99. The molecule has 0 saturated carbocycles. The zero-order valence-electron chi connectivity index (χ0n) is 28.9. The van der Waals surface area contributed by atoms with Crippen molar-refractivity contribution in [2.45, 2.75) is 106 Å². The predicted molar refractivity (Wildman–Crippen MR) is 204 cm³/mol. The summed E-state index contributed by atoms with van der Waals surface area (Å²) < 4.78 is 0. The first-order valence-electron chi connectivity index (χ1n) is 17.0. The van der Waals surface area contributed by atoms with Crippen LogP contribution in [0.2, 0.25) is 36.3 Å². The zero-order chi connectivity index (χ0) is 31.8. The van der Waals surface area contributed by atoms with Gasteiger partial charge in [-0.05, 0) is 154 Å². The van der Waals surface area contributed by atoms with Gasteiger partial charge >= 0.3 is 0 Å². The summed E-state index contributed by atoms with van der Waals surface area (Å²) in [5.41, 5.74) is 15.7. The van der Waals surface area contributed by atoms with Crippen molar-refractivity contribution in [3.8, 4) is 22.9 Å². The SMILES string of the molecule is CC[Si](C#Cc1c2cc3c(C)ccc(C)c3cc2c(C#C[Si](CC)(CC)CC)c2cc3c(C)ccc(C)c3cc12)(CC)CC. The molecule has 0 unspecified atom stereocenters. The highest BCUT2D eigenvalue weighted by Crippen LogP contribution is 2.39. The largest absolute Gasteiger partial charge is 0.138 e. The Bertz CT molecular complexity index is 1760. The van der Waals surface area contributed by atoms with Gasteiger partial charge in [-0.1, -0.05) is 77.6 Å². The quantitative estimate of drug-likeness (QED) is 0.102. The van der Waals surface area contributed by atoms with Crippen LogP contribution >= 0.6 is 0 Å². The van der Waals surface area contributed by atoms with Crippen molar-refractivity contribution in [1.82, 2.24) is 0 Å². The molecule has 0 aliphatic rings. The Morgan fingerprint density at radius 2 is 0.614 bits per heavy atom. The average molecular weight is 611 g/mol. The van der Waals surface area contributed by atoms with E-state index < -0.39 is 16.1 Å². The van der Waals surface area contributed by atoms with Gasteiger partial charge in [-0.15, -0.1) is 11.1 Å². The highest BCUT2D eigenvalue weighted by atomic mass is 28.3. The molecule has 0 saturated heterocycles. The van der Waals surface area contributed by atoms with E-state index in [0.717, 1.165) is 0 Å². The Labute approximate surface area is 268 Å². The fraction of sp³-hybridized carbons (Fsp3) is 0.381. The zero-order valence-corrected chi connectivity index (χ0v) is 30.9. The van der Waals surface area contributed by atoms with Crippen LogP contribution < -0.4 is 0 Å². The Hall–Kier alpha value is -3.31. The van der Waals surface area contributed by atoms with E-state index in [1.807, 2.05) is 0 Å². The molecule has 0 nitrogen and oxygen atoms in total. The van der Waals surface area contributed by atoms with E-state index in [1.54, 1.807) is 0 Å². The first-order chi connectivity index (χ1) is 21.1. The highest BCUT2D eigenvalue weighted by molar-refractivity contribution is 6.87.